The number of amides is 2. The first kappa shape index (κ1) is 21.3. The fourth-order valence-corrected chi connectivity index (χ4v) is 2.80. The van der Waals surface area contributed by atoms with Crippen molar-refractivity contribution in [3.8, 4) is 18.0 Å². The molecule has 2 aromatic heterocycles. The number of carbonyl (C=O) groups excluding carboxylic acids is 2. The minimum atomic E-state index is -0.951. The van der Waals surface area contributed by atoms with E-state index in [9.17, 15) is 9.59 Å². The zero-order chi connectivity index (χ0) is 20.9. The van der Waals surface area contributed by atoms with Crippen LogP contribution in [0.1, 0.15) is 20.8 Å². The molecule has 8 nitrogen and oxygen atoms in total. The van der Waals surface area contributed by atoms with Crippen molar-refractivity contribution in [2.75, 3.05) is 18.1 Å². The quantitative estimate of drug-likeness (QED) is 0.747. The molecule has 2 amide bonds. The van der Waals surface area contributed by atoms with Gasteiger partial charge in [0.1, 0.15) is 12.3 Å². The number of terminal acetylenes is 1. The molecule has 2 aromatic rings. The average molecular weight is 404 g/mol. The van der Waals surface area contributed by atoms with Gasteiger partial charge in [-0.1, -0.05) is 38.3 Å². The highest BCUT2D eigenvalue weighted by Crippen LogP contribution is 2.32. The van der Waals surface area contributed by atoms with Crippen LogP contribution in [0.15, 0.2) is 30.7 Å². The van der Waals surface area contributed by atoms with Gasteiger partial charge in [-0.3, -0.25) is 14.7 Å². The Hall–Kier alpha value is -3.05. The van der Waals surface area contributed by atoms with Gasteiger partial charge in [0, 0.05) is 6.20 Å². The molecule has 0 saturated carbocycles. The summed E-state index contributed by atoms with van der Waals surface area (Å²) in [5.74, 6) is 1.42. The van der Waals surface area contributed by atoms with Crippen molar-refractivity contribution in [3.63, 3.8) is 0 Å². The maximum Gasteiger partial charge on any atom is 0.404 e. The molecule has 2 rings (SSSR count). The number of nitrogens with zero attached hydrogens (tertiary/aromatic N) is 4. The molecule has 0 aromatic carbocycles. The van der Waals surface area contributed by atoms with Gasteiger partial charge in [0.15, 0.2) is 5.15 Å². The second-order valence-corrected chi connectivity index (χ2v) is 7.50. The van der Waals surface area contributed by atoms with Crippen LogP contribution in [-0.4, -0.2) is 39.9 Å². The molecule has 148 valence electrons. The SMILES string of the molecule is C#CCN(C(=O)C(COC(N)=O)C(C)(C)C)c1cn(-c2cccnc2)nc1Cl. The zero-order valence-electron chi connectivity index (χ0n) is 15.9. The van der Waals surface area contributed by atoms with Crippen LogP contribution in [0.3, 0.4) is 0 Å². The third kappa shape index (κ3) is 5.02. The first-order chi connectivity index (χ1) is 13.1. The molecule has 0 bridgehead atoms. The number of pyridine rings is 1. The molecule has 1 atom stereocenters. The third-order valence-corrected chi connectivity index (χ3v) is 4.37. The molecular formula is C19H22ClN5O3. The minimum absolute atomic E-state index is 0.0273. The van der Waals surface area contributed by atoms with Crippen molar-refractivity contribution in [2.24, 2.45) is 17.1 Å². The summed E-state index contributed by atoms with van der Waals surface area (Å²) in [5, 5.41) is 4.34. The molecule has 9 heteroatoms. The second kappa shape index (κ2) is 8.76. The Morgan fingerprint density at radius 1 is 1.46 bits per heavy atom. The Kier molecular flexibility index (Phi) is 6.65. The summed E-state index contributed by atoms with van der Waals surface area (Å²) in [7, 11) is 0. The van der Waals surface area contributed by atoms with E-state index in [2.05, 4.69) is 16.0 Å². The van der Waals surface area contributed by atoms with Crippen molar-refractivity contribution in [3.05, 3.63) is 35.9 Å². The summed E-state index contributed by atoms with van der Waals surface area (Å²) in [6, 6.07) is 3.55. The van der Waals surface area contributed by atoms with Crippen LogP contribution in [0.4, 0.5) is 10.5 Å². The molecule has 0 aliphatic rings. The maximum atomic E-state index is 13.3. The van der Waals surface area contributed by atoms with E-state index in [1.54, 1.807) is 30.7 Å². The summed E-state index contributed by atoms with van der Waals surface area (Å²) < 4.78 is 6.41. The number of primary amides is 1. The smallest absolute Gasteiger partial charge is 0.404 e. The number of hydrogen-bond donors (Lipinski definition) is 1. The Labute approximate surface area is 168 Å². The number of ether oxygens (including phenoxy) is 1. The van der Waals surface area contributed by atoms with Gasteiger partial charge in [-0.25, -0.2) is 9.48 Å². The van der Waals surface area contributed by atoms with Gasteiger partial charge in [0.2, 0.25) is 5.91 Å². The number of hydrogen-bond acceptors (Lipinski definition) is 5. The topological polar surface area (TPSA) is 103 Å². The van der Waals surface area contributed by atoms with Crippen LogP contribution in [0, 0.1) is 23.7 Å². The van der Waals surface area contributed by atoms with Gasteiger partial charge < -0.3 is 10.5 Å². The lowest BCUT2D eigenvalue weighted by molar-refractivity contribution is -0.127. The summed E-state index contributed by atoms with van der Waals surface area (Å²) in [5.41, 5.74) is 5.56. The van der Waals surface area contributed by atoms with Crippen molar-refractivity contribution in [1.82, 2.24) is 14.8 Å². The van der Waals surface area contributed by atoms with Crippen molar-refractivity contribution in [1.29, 1.82) is 0 Å². The standard InChI is InChI=1S/C19H22ClN5O3/c1-5-9-24(17(26)14(19(2,3)4)12-28-18(21)27)15-11-25(23-16(15)20)13-7-6-8-22-10-13/h1,6-8,10-11,14H,9,12H2,2-4H3,(H2,21,27). The predicted octanol–water partition coefficient (Wildman–Crippen LogP) is 2.64. The number of halogens is 1. The Balaban J connectivity index is 2.41. The third-order valence-electron chi connectivity index (χ3n) is 4.10. The van der Waals surface area contributed by atoms with Crippen LogP contribution >= 0.6 is 11.6 Å². The summed E-state index contributed by atoms with van der Waals surface area (Å²) >= 11 is 6.30. The Morgan fingerprint density at radius 2 is 2.18 bits per heavy atom. The van der Waals surface area contributed by atoms with Gasteiger partial charge in [-0.2, -0.15) is 5.10 Å². The largest absolute Gasteiger partial charge is 0.449 e. The summed E-state index contributed by atoms with van der Waals surface area (Å²) in [6.45, 7) is 5.37. The van der Waals surface area contributed by atoms with Gasteiger partial charge in [0.05, 0.1) is 30.5 Å². The van der Waals surface area contributed by atoms with E-state index in [0.29, 0.717) is 11.4 Å². The maximum absolute atomic E-state index is 13.3. The van der Waals surface area contributed by atoms with Crippen LogP contribution < -0.4 is 10.6 Å². The number of carbonyl (C=O) groups is 2. The second-order valence-electron chi connectivity index (χ2n) is 7.14. The predicted molar refractivity (Wildman–Crippen MR) is 106 cm³/mol. The van der Waals surface area contributed by atoms with E-state index >= 15 is 0 Å². The van der Waals surface area contributed by atoms with Crippen LogP contribution in [0.25, 0.3) is 5.69 Å². The van der Waals surface area contributed by atoms with Crippen molar-refractivity contribution in [2.45, 2.75) is 20.8 Å². The highest BCUT2D eigenvalue weighted by molar-refractivity contribution is 6.32. The molecule has 28 heavy (non-hydrogen) atoms. The number of anilines is 1. The van der Waals surface area contributed by atoms with Gasteiger partial charge in [-0.15, -0.1) is 6.42 Å². The Bertz CT molecular complexity index is 883. The molecule has 2 N–H and O–H groups in total. The number of aromatic nitrogens is 3. The fourth-order valence-electron chi connectivity index (χ4n) is 2.56. The average Bonchev–Trinajstić information content (AvgIpc) is 3.00. The summed E-state index contributed by atoms with van der Waals surface area (Å²) in [6.07, 6.45) is 9.37. The summed E-state index contributed by atoms with van der Waals surface area (Å²) in [4.78, 5) is 29.7. The lowest BCUT2D eigenvalue weighted by Gasteiger charge is -2.32. The lowest BCUT2D eigenvalue weighted by Crippen LogP contribution is -2.44. The molecular weight excluding hydrogens is 382 g/mol. The molecule has 0 spiro atoms. The van der Waals surface area contributed by atoms with Gasteiger partial charge in [-0.05, 0) is 17.5 Å². The highest BCUT2D eigenvalue weighted by Gasteiger charge is 2.37. The van der Waals surface area contributed by atoms with Gasteiger partial charge in [0.25, 0.3) is 0 Å². The Morgan fingerprint density at radius 3 is 2.71 bits per heavy atom. The van der Waals surface area contributed by atoms with E-state index in [4.69, 9.17) is 28.5 Å². The highest BCUT2D eigenvalue weighted by atomic mass is 35.5. The van der Waals surface area contributed by atoms with Crippen LogP contribution in [0.5, 0.6) is 0 Å². The van der Waals surface area contributed by atoms with E-state index in [1.807, 2.05) is 20.8 Å². The van der Waals surface area contributed by atoms with Crippen molar-refractivity contribution >= 4 is 29.3 Å². The number of nitrogens with two attached hydrogens (primary N) is 1. The van der Waals surface area contributed by atoms with E-state index in [0.717, 1.165) is 0 Å². The molecule has 0 saturated heterocycles. The van der Waals surface area contributed by atoms with Crippen molar-refractivity contribution < 1.29 is 14.3 Å². The van der Waals surface area contributed by atoms with E-state index < -0.39 is 17.4 Å². The molecule has 0 aliphatic heterocycles. The normalized spacial score (nSPS) is 12.1. The lowest BCUT2D eigenvalue weighted by atomic mass is 9.80. The monoisotopic (exact) mass is 403 g/mol. The number of rotatable bonds is 6. The minimum Gasteiger partial charge on any atom is -0.449 e. The van der Waals surface area contributed by atoms with Crippen LogP contribution in [-0.2, 0) is 9.53 Å². The first-order valence-electron chi connectivity index (χ1n) is 8.47. The first-order valence-corrected chi connectivity index (χ1v) is 8.85. The van der Waals surface area contributed by atoms with Crippen LogP contribution in [0.2, 0.25) is 5.15 Å². The fraction of sp³-hybridized carbons (Fsp3) is 0.368. The van der Waals surface area contributed by atoms with E-state index in [1.165, 1.54) is 9.58 Å². The molecule has 0 radical (unpaired) electrons. The zero-order valence-corrected chi connectivity index (χ0v) is 16.7. The van der Waals surface area contributed by atoms with Gasteiger partial charge >= 0.3 is 6.09 Å². The molecule has 0 aliphatic carbocycles. The molecule has 0 fully saturated rings. The molecule has 2 heterocycles. The van der Waals surface area contributed by atoms with E-state index in [-0.39, 0.29) is 24.2 Å². The molecule has 1 unspecified atom stereocenters.